The summed E-state index contributed by atoms with van der Waals surface area (Å²) in [7, 11) is 3.21. The molecule has 3 aromatic rings. The predicted octanol–water partition coefficient (Wildman–Crippen LogP) is 4.97. The van der Waals surface area contributed by atoms with E-state index in [2.05, 4.69) is 22.5 Å². The molecule has 2 N–H and O–H groups in total. The Morgan fingerprint density at radius 2 is 1.90 bits per heavy atom. The molecule has 3 rings (SSSR count). The smallest absolute Gasteiger partial charge is 0.274 e. The normalized spacial score (nSPS) is 10.3. The van der Waals surface area contributed by atoms with Gasteiger partial charge in [0.15, 0.2) is 0 Å². The van der Waals surface area contributed by atoms with Gasteiger partial charge < -0.3 is 20.1 Å². The Morgan fingerprint density at radius 3 is 2.62 bits per heavy atom. The van der Waals surface area contributed by atoms with Crippen molar-refractivity contribution >= 4 is 23.0 Å². The summed E-state index contributed by atoms with van der Waals surface area (Å²) >= 11 is 0. The third-order valence-corrected chi connectivity index (χ3v) is 4.66. The number of para-hydroxylation sites is 1. The lowest BCUT2D eigenvalue weighted by Gasteiger charge is -2.14. The van der Waals surface area contributed by atoms with Crippen molar-refractivity contribution in [2.45, 2.75) is 20.3 Å². The summed E-state index contributed by atoms with van der Waals surface area (Å²) in [6.07, 6.45) is 2.43. The van der Waals surface area contributed by atoms with Crippen molar-refractivity contribution in [1.82, 2.24) is 4.98 Å². The second-order valence-electron chi connectivity index (χ2n) is 6.54. The Labute approximate surface area is 170 Å². The molecule has 0 saturated heterocycles. The van der Waals surface area contributed by atoms with Gasteiger partial charge >= 0.3 is 0 Å². The molecule has 1 heterocycles. The maximum atomic E-state index is 12.8. The summed E-state index contributed by atoms with van der Waals surface area (Å²) in [5.41, 5.74) is 4.73. The molecule has 0 atom stereocenters. The number of carbonyl (C=O) groups is 1. The average Bonchev–Trinajstić information content (AvgIpc) is 2.75. The molecule has 0 radical (unpaired) electrons. The zero-order chi connectivity index (χ0) is 20.8. The van der Waals surface area contributed by atoms with E-state index >= 15 is 0 Å². The van der Waals surface area contributed by atoms with Crippen molar-refractivity contribution in [2.24, 2.45) is 0 Å². The van der Waals surface area contributed by atoms with E-state index in [-0.39, 0.29) is 5.91 Å². The second kappa shape index (κ2) is 9.10. The third-order valence-electron chi connectivity index (χ3n) is 4.66. The van der Waals surface area contributed by atoms with Gasteiger partial charge in [0, 0.05) is 23.6 Å². The molecule has 2 aromatic carbocycles. The zero-order valence-electron chi connectivity index (χ0n) is 17.1. The van der Waals surface area contributed by atoms with Crippen molar-refractivity contribution in [3.05, 3.63) is 71.5 Å². The number of pyridine rings is 1. The molecule has 0 fully saturated rings. The largest absolute Gasteiger partial charge is 0.497 e. The lowest BCUT2D eigenvalue weighted by atomic mass is 10.1. The van der Waals surface area contributed by atoms with Crippen LogP contribution in [0.1, 0.15) is 28.5 Å². The number of benzene rings is 2. The van der Waals surface area contributed by atoms with Crippen LogP contribution in [-0.4, -0.2) is 25.1 Å². The summed E-state index contributed by atoms with van der Waals surface area (Å²) in [4.78, 5) is 17.0. The van der Waals surface area contributed by atoms with Gasteiger partial charge in [-0.3, -0.25) is 9.78 Å². The maximum Gasteiger partial charge on any atom is 0.274 e. The number of nitrogens with zero attached hydrogens (tertiary/aromatic N) is 1. The van der Waals surface area contributed by atoms with Gasteiger partial charge in [-0.15, -0.1) is 0 Å². The molecule has 0 spiro atoms. The maximum absolute atomic E-state index is 12.8. The van der Waals surface area contributed by atoms with Crippen LogP contribution >= 0.6 is 0 Å². The molecular weight excluding hydrogens is 366 g/mol. The molecule has 0 aliphatic heterocycles. The lowest BCUT2D eigenvalue weighted by molar-refractivity contribution is 0.102. The van der Waals surface area contributed by atoms with Crippen LogP contribution in [0.2, 0.25) is 0 Å². The standard InChI is InChI=1S/C23H25N3O3/c1-5-16-8-6-7-15(2)22(16)26-23(27)20-13-17(11-12-24-20)25-19-14-18(28-3)9-10-21(19)29-4/h6-14H,5H2,1-4H3,(H,24,25)(H,26,27). The topological polar surface area (TPSA) is 72.5 Å². The molecule has 150 valence electrons. The molecule has 0 saturated carbocycles. The number of aryl methyl sites for hydroxylation is 2. The molecule has 0 unspecified atom stereocenters. The quantitative estimate of drug-likeness (QED) is 0.595. The van der Waals surface area contributed by atoms with Gasteiger partial charge in [0.1, 0.15) is 17.2 Å². The molecule has 0 bridgehead atoms. The van der Waals surface area contributed by atoms with E-state index in [1.165, 1.54) is 0 Å². The number of aromatic nitrogens is 1. The van der Waals surface area contributed by atoms with Gasteiger partial charge in [-0.1, -0.05) is 25.1 Å². The minimum atomic E-state index is -0.254. The first-order valence-corrected chi connectivity index (χ1v) is 9.40. The van der Waals surface area contributed by atoms with Crippen LogP contribution in [-0.2, 0) is 6.42 Å². The third kappa shape index (κ3) is 4.66. The number of hydrogen-bond donors (Lipinski definition) is 2. The summed E-state index contributed by atoms with van der Waals surface area (Å²) in [6.45, 7) is 4.05. The van der Waals surface area contributed by atoms with Crippen molar-refractivity contribution < 1.29 is 14.3 Å². The second-order valence-corrected chi connectivity index (χ2v) is 6.54. The van der Waals surface area contributed by atoms with Gasteiger partial charge in [-0.05, 0) is 48.7 Å². The summed E-state index contributed by atoms with van der Waals surface area (Å²) in [6, 6.07) is 15.0. The highest BCUT2D eigenvalue weighted by atomic mass is 16.5. The van der Waals surface area contributed by atoms with Crippen LogP contribution in [0.3, 0.4) is 0 Å². The van der Waals surface area contributed by atoms with Gasteiger partial charge in [-0.2, -0.15) is 0 Å². The monoisotopic (exact) mass is 391 g/mol. The fourth-order valence-electron chi connectivity index (χ4n) is 3.08. The predicted molar refractivity (Wildman–Crippen MR) is 116 cm³/mol. The fraction of sp³-hybridized carbons (Fsp3) is 0.217. The summed E-state index contributed by atoms with van der Waals surface area (Å²) < 4.78 is 10.7. The van der Waals surface area contributed by atoms with Crippen molar-refractivity contribution in [3.8, 4) is 11.5 Å². The number of hydrogen-bond acceptors (Lipinski definition) is 5. The van der Waals surface area contributed by atoms with E-state index in [1.54, 1.807) is 32.5 Å². The van der Waals surface area contributed by atoms with Gasteiger partial charge in [-0.25, -0.2) is 0 Å². The molecule has 1 aromatic heterocycles. The van der Waals surface area contributed by atoms with E-state index in [9.17, 15) is 4.79 Å². The summed E-state index contributed by atoms with van der Waals surface area (Å²) in [5.74, 6) is 1.11. The number of rotatable bonds is 7. The SMILES string of the molecule is CCc1cccc(C)c1NC(=O)c1cc(Nc2cc(OC)ccc2OC)ccn1. The number of amides is 1. The number of nitrogens with one attached hydrogen (secondary N) is 2. The highest BCUT2D eigenvalue weighted by Crippen LogP contribution is 2.31. The van der Waals surface area contributed by atoms with E-state index in [0.29, 0.717) is 17.2 Å². The Balaban J connectivity index is 1.84. The van der Waals surface area contributed by atoms with E-state index in [0.717, 1.165) is 34.6 Å². The van der Waals surface area contributed by atoms with Crippen LogP contribution in [0, 0.1) is 6.92 Å². The number of anilines is 3. The first-order valence-electron chi connectivity index (χ1n) is 9.40. The number of ether oxygens (including phenoxy) is 2. The van der Waals surface area contributed by atoms with E-state index < -0.39 is 0 Å². The molecule has 6 heteroatoms. The summed E-state index contributed by atoms with van der Waals surface area (Å²) in [5, 5.41) is 6.27. The lowest BCUT2D eigenvalue weighted by Crippen LogP contribution is -2.16. The Kier molecular flexibility index (Phi) is 6.34. The molecule has 0 aliphatic rings. The molecule has 29 heavy (non-hydrogen) atoms. The zero-order valence-corrected chi connectivity index (χ0v) is 17.1. The molecule has 6 nitrogen and oxygen atoms in total. The van der Waals surface area contributed by atoms with E-state index in [4.69, 9.17) is 9.47 Å². The minimum absolute atomic E-state index is 0.254. The van der Waals surface area contributed by atoms with Crippen LogP contribution in [0.15, 0.2) is 54.7 Å². The van der Waals surface area contributed by atoms with Crippen LogP contribution < -0.4 is 20.1 Å². The number of methoxy groups -OCH3 is 2. The fourth-order valence-corrected chi connectivity index (χ4v) is 3.08. The van der Waals surface area contributed by atoms with Crippen molar-refractivity contribution in [1.29, 1.82) is 0 Å². The van der Waals surface area contributed by atoms with Gasteiger partial charge in [0.05, 0.1) is 19.9 Å². The van der Waals surface area contributed by atoms with Crippen molar-refractivity contribution in [3.63, 3.8) is 0 Å². The first kappa shape index (κ1) is 20.2. The first-order chi connectivity index (χ1) is 14.0. The average molecular weight is 391 g/mol. The molecular formula is C23H25N3O3. The molecule has 1 amide bonds. The highest BCUT2D eigenvalue weighted by molar-refractivity contribution is 6.04. The molecule has 0 aliphatic carbocycles. The number of carbonyl (C=O) groups excluding carboxylic acids is 1. The van der Waals surface area contributed by atoms with Crippen molar-refractivity contribution in [2.75, 3.05) is 24.9 Å². The van der Waals surface area contributed by atoms with Crippen LogP contribution in [0.5, 0.6) is 11.5 Å². The Hall–Kier alpha value is -3.54. The minimum Gasteiger partial charge on any atom is -0.497 e. The Morgan fingerprint density at radius 1 is 1.07 bits per heavy atom. The highest BCUT2D eigenvalue weighted by Gasteiger charge is 2.13. The van der Waals surface area contributed by atoms with Crippen LogP contribution in [0.4, 0.5) is 17.1 Å². The van der Waals surface area contributed by atoms with Gasteiger partial charge in [0.25, 0.3) is 5.91 Å². The van der Waals surface area contributed by atoms with Crippen LogP contribution in [0.25, 0.3) is 0 Å². The van der Waals surface area contributed by atoms with E-state index in [1.807, 2.05) is 43.3 Å². The Bertz CT molecular complexity index is 1020. The van der Waals surface area contributed by atoms with Gasteiger partial charge in [0.2, 0.25) is 0 Å².